The molecule has 0 heterocycles. The Kier molecular flexibility index (Phi) is 66.1. The van der Waals surface area contributed by atoms with Gasteiger partial charge in [-0.05, 0) is 44.9 Å². The molecule has 75 heavy (non-hydrogen) atoms. The first kappa shape index (κ1) is 73.9. The van der Waals surface area contributed by atoms with Gasteiger partial charge in [-0.3, -0.25) is 4.79 Å². The number of hydrogen-bond donors (Lipinski definition) is 3. The van der Waals surface area contributed by atoms with E-state index in [-0.39, 0.29) is 12.5 Å². The van der Waals surface area contributed by atoms with Crippen molar-refractivity contribution in [2.75, 3.05) is 6.61 Å². The van der Waals surface area contributed by atoms with Crippen LogP contribution in [0.25, 0.3) is 0 Å². The van der Waals surface area contributed by atoms with Gasteiger partial charge < -0.3 is 15.5 Å². The first-order valence-corrected chi connectivity index (χ1v) is 35.1. The summed E-state index contributed by atoms with van der Waals surface area (Å²) in [7, 11) is 0. The van der Waals surface area contributed by atoms with Crippen molar-refractivity contribution in [2.45, 2.75) is 418 Å². The lowest BCUT2D eigenvalue weighted by atomic mass is 10.0. The van der Waals surface area contributed by atoms with Gasteiger partial charge in [0.2, 0.25) is 5.91 Å². The molecule has 4 nitrogen and oxygen atoms in total. The zero-order valence-corrected chi connectivity index (χ0v) is 51.6. The predicted molar refractivity (Wildman–Crippen MR) is 336 cm³/mol. The Hall–Kier alpha value is -1.13. The van der Waals surface area contributed by atoms with E-state index in [0.717, 1.165) is 25.7 Å². The number of unbranched alkanes of at least 4 members (excludes halogenated alkanes) is 57. The van der Waals surface area contributed by atoms with E-state index >= 15 is 0 Å². The highest BCUT2D eigenvalue weighted by molar-refractivity contribution is 5.76. The van der Waals surface area contributed by atoms with E-state index in [1.165, 1.54) is 360 Å². The molecule has 0 aliphatic rings. The van der Waals surface area contributed by atoms with Crippen LogP contribution in [0.2, 0.25) is 0 Å². The smallest absolute Gasteiger partial charge is 0.220 e. The van der Waals surface area contributed by atoms with Crippen molar-refractivity contribution >= 4 is 5.91 Å². The molecule has 2 unspecified atom stereocenters. The van der Waals surface area contributed by atoms with Crippen molar-refractivity contribution in [3.8, 4) is 0 Å². The van der Waals surface area contributed by atoms with Gasteiger partial charge in [0.15, 0.2) is 0 Å². The Labute approximate surface area is 472 Å². The van der Waals surface area contributed by atoms with Crippen LogP contribution in [0, 0.1) is 0 Å². The lowest BCUT2D eigenvalue weighted by Crippen LogP contribution is -2.45. The number of carbonyl (C=O) groups excluding carboxylic acids is 1. The quantitative estimate of drug-likeness (QED) is 0.0420. The van der Waals surface area contributed by atoms with Crippen molar-refractivity contribution in [3.63, 3.8) is 0 Å². The largest absolute Gasteiger partial charge is 0.394 e. The third kappa shape index (κ3) is 63.6. The highest BCUT2D eigenvalue weighted by Crippen LogP contribution is 2.19. The van der Waals surface area contributed by atoms with Crippen LogP contribution in [-0.2, 0) is 4.79 Å². The third-order valence-electron chi connectivity index (χ3n) is 16.7. The van der Waals surface area contributed by atoms with Crippen molar-refractivity contribution in [1.82, 2.24) is 5.32 Å². The summed E-state index contributed by atoms with van der Waals surface area (Å²) in [5.74, 6) is -0.0543. The molecule has 1 amide bonds. The second-order valence-corrected chi connectivity index (χ2v) is 24.3. The van der Waals surface area contributed by atoms with Crippen LogP contribution in [0.1, 0.15) is 406 Å². The van der Waals surface area contributed by atoms with Crippen LogP contribution in [0.5, 0.6) is 0 Å². The third-order valence-corrected chi connectivity index (χ3v) is 16.7. The van der Waals surface area contributed by atoms with Gasteiger partial charge in [0.25, 0.3) is 0 Å². The second-order valence-electron chi connectivity index (χ2n) is 24.3. The highest BCUT2D eigenvalue weighted by Gasteiger charge is 2.18. The maximum atomic E-state index is 12.5. The average molecular weight is 1050 g/mol. The Morgan fingerprint density at radius 1 is 0.307 bits per heavy atom. The standard InChI is InChI=1S/C71H139NO3/c1-3-5-7-9-11-13-15-17-19-21-23-25-27-29-31-33-35-36-37-39-41-43-45-47-49-51-53-55-57-59-61-63-65-67-71(75)72-69(68-73)70(74)66-64-62-60-58-56-54-52-50-48-46-44-42-40-38-34-32-30-28-26-24-22-20-18-16-14-12-10-8-6-4-2/h21,23,64,66,69-70,73-74H,3-20,22,24-63,65,67-68H2,1-2H3,(H,72,75)/b23-21-,66-64+. The van der Waals surface area contributed by atoms with Crippen molar-refractivity contribution < 1.29 is 15.0 Å². The minimum absolute atomic E-state index is 0.0543. The molecule has 0 rings (SSSR count). The van der Waals surface area contributed by atoms with Gasteiger partial charge in [0.1, 0.15) is 0 Å². The van der Waals surface area contributed by atoms with Crippen molar-refractivity contribution in [3.05, 3.63) is 24.3 Å². The SMILES string of the molecule is CCCCCCCCCC/C=C\CCCCCCCCCCCCCCCCCCCCCCCC(=O)NC(CO)C(O)/C=C/CCCCCCCCCCCCCCCCCCCCCCCCCCCCCC. The van der Waals surface area contributed by atoms with Crippen LogP contribution >= 0.6 is 0 Å². The number of amides is 1. The fourth-order valence-electron chi connectivity index (χ4n) is 11.4. The molecule has 0 spiro atoms. The molecule has 0 bridgehead atoms. The zero-order valence-electron chi connectivity index (χ0n) is 51.6. The van der Waals surface area contributed by atoms with Gasteiger partial charge in [0, 0.05) is 6.42 Å². The number of aliphatic hydroxyl groups is 2. The van der Waals surface area contributed by atoms with Gasteiger partial charge >= 0.3 is 0 Å². The van der Waals surface area contributed by atoms with Crippen LogP contribution in [0.3, 0.4) is 0 Å². The molecule has 0 fully saturated rings. The van der Waals surface area contributed by atoms with Crippen molar-refractivity contribution in [2.24, 2.45) is 0 Å². The van der Waals surface area contributed by atoms with E-state index in [2.05, 4.69) is 31.3 Å². The highest BCUT2D eigenvalue weighted by atomic mass is 16.3. The molecule has 3 N–H and O–H groups in total. The number of nitrogens with one attached hydrogen (secondary N) is 1. The number of hydrogen-bond acceptors (Lipinski definition) is 3. The summed E-state index contributed by atoms with van der Waals surface area (Å²) in [5.41, 5.74) is 0. The maximum Gasteiger partial charge on any atom is 0.220 e. The summed E-state index contributed by atoms with van der Waals surface area (Å²) in [5, 5.41) is 23.3. The summed E-state index contributed by atoms with van der Waals surface area (Å²) < 4.78 is 0. The van der Waals surface area contributed by atoms with Crippen LogP contribution in [-0.4, -0.2) is 34.9 Å². The molecule has 2 atom stereocenters. The Morgan fingerprint density at radius 3 is 0.733 bits per heavy atom. The van der Waals surface area contributed by atoms with E-state index in [1.807, 2.05) is 6.08 Å². The van der Waals surface area contributed by atoms with E-state index in [4.69, 9.17) is 0 Å². The second kappa shape index (κ2) is 67.1. The van der Waals surface area contributed by atoms with E-state index < -0.39 is 12.1 Å². The van der Waals surface area contributed by atoms with Gasteiger partial charge in [-0.15, -0.1) is 0 Å². The molecule has 0 saturated heterocycles. The molecule has 0 radical (unpaired) electrons. The number of aliphatic hydroxyl groups excluding tert-OH is 2. The Balaban J connectivity index is 3.40. The minimum Gasteiger partial charge on any atom is -0.394 e. The average Bonchev–Trinajstić information content (AvgIpc) is 3.41. The van der Waals surface area contributed by atoms with Crippen LogP contribution in [0.4, 0.5) is 0 Å². The van der Waals surface area contributed by atoms with E-state index in [0.29, 0.717) is 6.42 Å². The normalized spacial score (nSPS) is 12.7. The fraction of sp³-hybridized carbons (Fsp3) is 0.930. The van der Waals surface area contributed by atoms with Crippen LogP contribution in [0.15, 0.2) is 24.3 Å². The van der Waals surface area contributed by atoms with Gasteiger partial charge in [-0.1, -0.05) is 378 Å². The first-order chi connectivity index (χ1) is 37.2. The van der Waals surface area contributed by atoms with Crippen LogP contribution < -0.4 is 5.32 Å². The predicted octanol–water partition coefficient (Wildman–Crippen LogP) is 23.8. The molecule has 0 aromatic carbocycles. The van der Waals surface area contributed by atoms with Gasteiger partial charge in [0.05, 0.1) is 18.8 Å². The molecule has 0 aliphatic heterocycles. The Morgan fingerprint density at radius 2 is 0.507 bits per heavy atom. The number of carbonyl (C=O) groups is 1. The number of allylic oxidation sites excluding steroid dienone is 3. The lowest BCUT2D eigenvalue weighted by Gasteiger charge is -2.20. The fourth-order valence-corrected chi connectivity index (χ4v) is 11.4. The zero-order chi connectivity index (χ0) is 54.1. The summed E-state index contributed by atoms with van der Waals surface area (Å²) in [6.07, 6.45) is 91.3. The monoisotopic (exact) mass is 1050 g/mol. The molecule has 4 heteroatoms. The van der Waals surface area contributed by atoms with E-state index in [9.17, 15) is 15.0 Å². The summed E-state index contributed by atoms with van der Waals surface area (Å²) in [6.45, 7) is 4.36. The molecule has 0 saturated carbocycles. The van der Waals surface area contributed by atoms with Gasteiger partial charge in [-0.2, -0.15) is 0 Å². The Bertz CT molecular complexity index is 1100. The first-order valence-electron chi connectivity index (χ1n) is 35.1. The summed E-state index contributed by atoms with van der Waals surface area (Å²) >= 11 is 0. The molecule has 0 aliphatic carbocycles. The minimum atomic E-state index is -0.838. The maximum absolute atomic E-state index is 12.5. The summed E-state index contributed by atoms with van der Waals surface area (Å²) in [4.78, 5) is 12.5. The molecular formula is C71H139NO3. The molecule has 446 valence electrons. The van der Waals surface area contributed by atoms with E-state index in [1.54, 1.807) is 6.08 Å². The van der Waals surface area contributed by atoms with Crippen molar-refractivity contribution in [1.29, 1.82) is 0 Å². The number of rotatable bonds is 66. The lowest BCUT2D eigenvalue weighted by molar-refractivity contribution is -0.123. The molecule has 0 aromatic heterocycles. The topological polar surface area (TPSA) is 69.6 Å². The molecule has 0 aromatic rings. The van der Waals surface area contributed by atoms with Gasteiger partial charge in [-0.25, -0.2) is 0 Å². The molecular weight excluding hydrogens is 915 g/mol. The summed E-state index contributed by atoms with van der Waals surface area (Å²) in [6, 6.07) is -0.621.